The number of amides is 1. The molecule has 1 N–H and O–H groups in total. The van der Waals surface area contributed by atoms with E-state index >= 15 is 0 Å². The predicted molar refractivity (Wildman–Crippen MR) is 75.5 cm³/mol. The number of carboxylic acids is 1. The van der Waals surface area contributed by atoms with Gasteiger partial charge in [-0.2, -0.15) is 0 Å². The molecule has 108 valence electrons. The molecule has 1 amide bonds. The van der Waals surface area contributed by atoms with Gasteiger partial charge in [-0.1, -0.05) is 43.0 Å². The SMILES string of the molecule is C=CCOC(=O)N(CC)C(Cc1ccccc1)C(=O)O. The van der Waals surface area contributed by atoms with Crippen molar-refractivity contribution in [2.75, 3.05) is 13.2 Å². The van der Waals surface area contributed by atoms with Gasteiger partial charge in [0.2, 0.25) is 0 Å². The quantitative estimate of drug-likeness (QED) is 0.777. The summed E-state index contributed by atoms with van der Waals surface area (Å²) in [7, 11) is 0. The first-order chi connectivity index (χ1) is 9.60. The van der Waals surface area contributed by atoms with Gasteiger partial charge >= 0.3 is 12.1 Å². The van der Waals surface area contributed by atoms with Crippen LogP contribution in [0.3, 0.4) is 0 Å². The van der Waals surface area contributed by atoms with Crippen molar-refractivity contribution in [2.24, 2.45) is 0 Å². The maximum Gasteiger partial charge on any atom is 0.410 e. The lowest BCUT2D eigenvalue weighted by atomic mass is 10.1. The molecule has 0 aliphatic heterocycles. The average molecular weight is 277 g/mol. The van der Waals surface area contributed by atoms with Crippen LogP contribution < -0.4 is 0 Å². The molecule has 0 saturated carbocycles. The molecular formula is C15H19NO4. The summed E-state index contributed by atoms with van der Waals surface area (Å²) in [5.41, 5.74) is 0.856. The van der Waals surface area contributed by atoms with E-state index in [1.807, 2.05) is 30.3 Å². The van der Waals surface area contributed by atoms with Gasteiger partial charge in [0.1, 0.15) is 12.6 Å². The van der Waals surface area contributed by atoms with Crippen LogP contribution in [0.1, 0.15) is 12.5 Å². The summed E-state index contributed by atoms with van der Waals surface area (Å²) in [6.45, 7) is 5.50. The molecule has 1 aromatic carbocycles. The maximum atomic E-state index is 11.9. The standard InChI is InChI=1S/C15H19NO4/c1-3-10-20-15(19)16(4-2)13(14(17)18)11-12-8-6-5-7-9-12/h3,5-9,13H,1,4,10-11H2,2H3,(H,17,18). The van der Waals surface area contributed by atoms with Crippen LogP contribution >= 0.6 is 0 Å². The highest BCUT2D eigenvalue weighted by molar-refractivity contribution is 5.80. The Bertz CT molecular complexity index is 458. The molecule has 0 aliphatic rings. The Morgan fingerprint density at radius 3 is 2.55 bits per heavy atom. The summed E-state index contributed by atoms with van der Waals surface area (Å²) in [4.78, 5) is 24.5. The predicted octanol–water partition coefficient (Wildman–Crippen LogP) is 2.33. The van der Waals surface area contributed by atoms with Gasteiger partial charge in [-0.05, 0) is 12.5 Å². The number of benzene rings is 1. The second kappa shape index (κ2) is 7.99. The van der Waals surface area contributed by atoms with Crippen molar-refractivity contribution in [3.63, 3.8) is 0 Å². The van der Waals surface area contributed by atoms with E-state index in [4.69, 9.17) is 4.74 Å². The number of hydrogen-bond donors (Lipinski definition) is 1. The molecule has 0 fully saturated rings. The van der Waals surface area contributed by atoms with E-state index in [2.05, 4.69) is 6.58 Å². The van der Waals surface area contributed by atoms with E-state index in [1.165, 1.54) is 11.0 Å². The summed E-state index contributed by atoms with van der Waals surface area (Å²) in [6.07, 6.45) is 1.04. The fourth-order valence-electron chi connectivity index (χ4n) is 1.86. The van der Waals surface area contributed by atoms with E-state index in [-0.39, 0.29) is 19.6 Å². The fraction of sp³-hybridized carbons (Fsp3) is 0.333. The lowest BCUT2D eigenvalue weighted by molar-refractivity contribution is -0.142. The maximum absolute atomic E-state index is 11.9. The zero-order chi connectivity index (χ0) is 15.0. The van der Waals surface area contributed by atoms with E-state index < -0.39 is 18.1 Å². The second-order valence-electron chi connectivity index (χ2n) is 4.20. The Morgan fingerprint density at radius 1 is 1.40 bits per heavy atom. The first kappa shape index (κ1) is 15.8. The van der Waals surface area contributed by atoms with Crippen molar-refractivity contribution < 1.29 is 19.4 Å². The molecule has 0 bridgehead atoms. The Balaban J connectivity index is 2.84. The van der Waals surface area contributed by atoms with E-state index in [1.54, 1.807) is 6.92 Å². The lowest BCUT2D eigenvalue weighted by Crippen LogP contribution is -2.46. The van der Waals surface area contributed by atoms with Crippen molar-refractivity contribution in [1.82, 2.24) is 4.90 Å². The monoisotopic (exact) mass is 277 g/mol. The number of carbonyl (C=O) groups is 2. The molecule has 0 aromatic heterocycles. The largest absolute Gasteiger partial charge is 0.480 e. The molecule has 1 aromatic rings. The minimum Gasteiger partial charge on any atom is -0.480 e. The van der Waals surface area contributed by atoms with E-state index in [0.29, 0.717) is 0 Å². The van der Waals surface area contributed by atoms with Crippen LogP contribution in [0, 0.1) is 0 Å². The number of aliphatic carboxylic acids is 1. The zero-order valence-electron chi connectivity index (χ0n) is 11.5. The summed E-state index contributed by atoms with van der Waals surface area (Å²) >= 11 is 0. The van der Waals surface area contributed by atoms with Gasteiger partial charge in [0.05, 0.1) is 0 Å². The van der Waals surface area contributed by atoms with E-state index in [9.17, 15) is 14.7 Å². The smallest absolute Gasteiger partial charge is 0.410 e. The van der Waals surface area contributed by atoms with Gasteiger partial charge < -0.3 is 9.84 Å². The van der Waals surface area contributed by atoms with Crippen LogP contribution in [0.15, 0.2) is 43.0 Å². The topological polar surface area (TPSA) is 66.8 Å². The summed E-state index contributed by atoms with van der Waals surface area (Å²) < 4.78 is 4.92. The van der Waals surface area contributed by atoms with Crippen molar-refractivity contribution >= 4 is 12.1 Å². The number of rotatable bonds is 7. The summed E-state index contributed by atoms with van der Waals surface area (Å²) in [6, 6.07) is 8.24. The Hall–Kier alpha value is -2.30. The zero-order valence-corrected chi connectivity index (χ0v) is 11.5. The highest BCUT2D eigenvalue weighted by atomic mass is 16.6. The van der Waals surface area contributed by atoms with Crippen molar-refractivity contribution in [2.45, 2.75) is 19.4 Å². The van der Waals surface area contributed by atoms with Crippen LogP contribution in [0.5, 0.6) is 0 Å². The minimum absolute atomic E-state index is 0.0625. The van der Waals surface area contributed by atoms with Gasteiger partial charge in [0.25, 0.3) is 0 Å². The summed E-state index contributed by atoms with van der Waals surface area (Å²) in [5, 5.41) is 9.34. The fourth-order valence-corrected chi connectivity index (χ4v) is 1.86. The number of nitrogens with zero attached hydrogens (tertiary/aromatic N) is 1. The third kappa shape index (κ3) is 4.42. The Morgan fingerprint density at radius 2 is 2.05 bits per heavy atom. The molecule has 0 radical (unpaired) electrons. The van der Waals surface area contributed by atoms with Crippen LogP contribution in [-0.4, -0.2) is 41.3 Å². The van der Waals surface area contributed by atoms with E-state index in [0.717, 1.165) is 5.56 Å². The Labute approximate surface area is 118 Å². The first-order valence-electron chi connectivity index (χ1n) is 6.41. The van der Waals surface area contributed by atoms with Crippen molar-refractivity contribution in [3.05, 3.63) is 48.6 Å². The molecule has 0 spiro atoms. The molecule has 1 rings (SSSR count). The van der Waals surface area contributed by atoms with Gasteiger partial charge in [-0.3, -0.25) is 4.90 Å². The lowest BCUT2D eigenvalue weighted by Gasteiger charge is -2.26. The molecule has 20 heavy (non-hydrogen) atoms. The van der Waals surface area contributed by atoms with Gasteiger partial charge in [0, 0.05) is 13.0 Å². The number of ether oxygens (including phenoxy) is 1. The van der Waals surface area contributed by atoms with Crippen LogP contribution in [-0.2, 0) is 16.0 Å². The highest BCUT2D eigenvalue weighted by Crippen LogP contribution is 2.11. The molecule has 1 atom stereocenters. The van der Waals surface area contributed by atoms with Crippen LogP contribution in [0.4, 0.5) is 4.79 Å². The highest BCUT2D eigenvalue weighted by Gasteiger charge is 2.29. The molecule has 5 nitrogen and oxygen atoms in total. The third-order valence-corrected chi connectivity index (χ3v) is 2.83. The van der Waals surface area contributed by atoms with Crippen LogP contribution in [0.2, 0.25) is 0 Å². The van der Waals surface area contributed by atoms with Gasteiger partial charge in [-0.15, -0.1) is 0 Å². The van der Waals surface area contributed by atoms with Crippen molar-refractivity contribution in [3.8, 4) is 0 Å². The molecule has 0 saturated heterocycles. The first-order valence-corrected chi connectivity index (χ1v) is 6.41. The Kier molecular flexibility index (Phi) is 6.29. The van der Waals surface area contributed by atoms with Gasteiger partial charge in [-0.25, -0.2) is 9.59 Å². The van der Waals surface area contributed by atoms with Crippen molar-refractivity contribution in [1.29, 1.82) is 0 Å². The molecule has 5 heteroatoms. The number of carboxylic acid groups (broad SMARTS) is 1. The molecular weight excluding hydrogens is 258 g/mol. The second-order valence-corrected chi connectivity index (χ2v) is 4.20. The minimum atomic E-state index is -1.05. The molecule has 0 heterocycles. The third-order valence-electron chi connectivity index (χ3n) is 2.83. The normalized spacial score (nSPS) is 11.4. The average Bonchev–Trinajstić information content (AvgIpc) is 2.45. The number of likely N-dealkylation sites (N-methyl/N-ethyl adjacent to an activating group) is 1. The van der Waals surface area contributed by atoms with Crippen LogP contribution in [0.25, 0.3) is 0 Å². The van der Waals surface area contributed by atoms with Gasteiger partial charge in [0.15, 0.2) is 0 Å². The molecule has 0 aliphatic carbocycles. The number of hydrogen-bond acceptors (Lipinski definition) is 3. The molecule has 1 unspecified atom stereocenters. The number of carbonyl (C=O) groups excluding carboxylic acids is 1. The summed E-state index contributed by atoms with van der Waals surface area (Å²) in [5.74, 6) is -1.05.